The van der Waals surface area contributed by atoms with Gasteiger partial charge in [-0.15, -0.1) is 0 Å². The molecule has 0 fully saturated rings. The zero-order chi connectivity index (χ0) is 12.5. The number of aryl methyl sites for hydroxylation is 1. The van der Waals surface area contributed by atoms with Crippen molar-refractivity contribution in [3.8, 4) is 0 Å². The van der Waals surface area contributed by atoms with Gasteiger partial charge in [-0.05, 0) is 17.9 Å². The summed E-state index contributed by atoms with van der Waals surface area (Å²) in [4.78, 5) is 4.26. The van der Waals surface area contributed by atoms with Crippen LogP contribution in [-0.2, 0) is 6.54 Å². The predicted octanol–water partition coefficient (Wildman–Crippen LogP) is 2.37. The second-order valence-electron chi connectivity index (χ2n) is 4.39. The maximum atomic E-state index is 5.97. The fraction of sp³-hybridized carbons (Fsp3) is 0.143. The van der Waals surface area contributed by atoms with Crippen LogP contribution in [0.2, 0.25) is 0 Å². The number of pyridine rings is 1. The molecule has 1 aromatic carbocycles. The van der Waals surface area contributed by atoms with Crippen molar-refractivity contribution < 1.29 is 0 Å². The molecular weight excluding hydrogens is 224 g/mol. The van der Waals surface area contributed by atoms with E-state index in [1.54, 1.807) is 10.9 Å². The number of aromatic nitrogens is 3. The molecule has 0 amide bonds. The Morgan fingerprint density at radius 2 is 2.00 bits per heavy atom. The summed E-state index contributed by atoms with van der Waals surface area (Å²) in [6, 6.07) is 8.20. The summed E-state index contributed by atoms with van der Waals surface area (Å²) in [5.74, 6) is 0.711. The molecule has 0 saturated heterocycles. The van der Waals surface area contributed by atoms with Gasteiger partial charge in [0, 0.05) is 23.3 Å². The third-order valence-corrected chi connectivity index (χ3v) is 3.14. The van der Waals surface area contributed by atoms with Crippen molar-refractivity contribution in [2.45, 2.75) is 13.5 Å². The van der Waals surface area contributed by atoms with E-state index in [4.69, 9.17) is 5.73 Å². The van der Waals surface area contributed by atoms with Crippen LogP contribution in [-0.4, -0.2) is 14.8 Å². The van der Waals surface area contributed by atoms with Gasteiger partial charge in [-0.25, -0.2) is 4.68 Å². The van der Waals surface area contributed by atoms with Crippen LogP contribution in [0.3, 0.4) is 0 Å². The summed E-state index contributed by atoms with van der Waals surface area (Å²) in [7, 11) is 0. The number of fused-ring (bicyclic) bond motifs is 1. The lowest BCUT2D eigenvalue weighted by atomic mass is 10.1. The van der Waals surface area contributed by atoms with Crippen molar-refractivity contribution in [1.82, 2.24) is 14.8 Å². The average molecular weight is 238 g/mol. The van der Waals surface area contributed by atoms with Crippen LogP contribution >= 0.6 is 0 Å². The van der Waals surface area contributed by atoms with Gasteiger partial charge in [0.25, 0.3) is 0 Å². The molecule has 4 heteroatoms. The van der Waals surface area contributed by atoms with Crippen LogP contribution in [0.25, 0.3) is 10.8 Å². The number of nitrogen functional groups attached to an aromatic ring is 1. The molecule has 0 spiro atoms. The van der Waals surface area contributed by atoms with E-state index in [0.29, 0.717) is 12.4 Å². The summed E-state index contributed by atoms with van der Waals surface area (Å²) >= 11 is 0. The molecule has 0 atom stereocenters. The third kappa shape index (κ3) is 1.72. The Morgan fingerprint density at radius 3 is 2.78 bits per heavy atom. The molecule has 2 heterocycles. The van der Waals surface area contributed by atoms with E-state index >= 15 is 0 Å². The van der Waals surface area contributed by atoms with Crippen LogP contribution in [0.5, 0.6) is 0 Å². The lowest BCUT2D eigenvalue weighted by Gasteiger charge is -2.07. The molecule has 90 valence electrons. The number of hydrogen-bond acceptors (Lipinski definition) is 3. The van der Waals surface area contributed by atoms with E-state index in [0.717, 1.165) is 16.5 Å². The number of nitrogens with zero attached hydrogens (tertiary/aromatic N) is 3. The third-order valence-electron chi connectivity index (χ3n) is 3.14. The maximum Gasteiger partial charge on any atom is 0.124 e. The summed E-state index contributed by atoms with van der Waals surface area (Å²) in [5.41, 5.74) is 8.11. The Labute approximate surface area is 105 Å². The molecule has 3 rings (SSSR count). The zero-order valence-corrected chi connectivity index (χ0v) is 10.2. The molecule has 0 aliphatic heterocycles. The van der Waals surface area contributed by atoms with E-state index in [-0.39, 0.29) is 0 Å². The molecule has 0 bridgehead atoms. The van der Waals surface area contributed by atoms with Crippen molar-refractivity contribution in [1.29, 1.82) is 0 Å². The number of anilines is 1. The van der Waals surface area contributed by atoms with E-state index < -0.39 is 0 Å². The number of benzene rings is 1. The molecule has 0 saturated carbocycles. The standard InChI is InChI=1S/C14H14N4/c1-10-6-17-18(14(10)15)9-12-8-16-7-11-4-2-3-5-13(11)12/h2-8H,9,15H2,1H3. The van der Waals surface area contributed by atoms with Gasteiger partial charge in [-0.1, -0.05) is 24.3 Å². The number of rotatable bonds is 2. The van der Waals surface area contributed by atoms with Gasteiger partial charge < -0.3 is 5.73 Å². The summed E-state index contributed by atoms with van der Waals surface area (Å²) in [6.07, 6.45) is 5.53. The first-order valence-electron chi connectivity index (χ1n) is 5.85. The van der Waals surface area contributed by atoms with E-state index in [2.05, 4.69) is 22.2 Å². The normalized spacial score (nSPS) is 10.9. The fourth-order valence-electron chi connectivity index (χ4n) is 2.08. The molecule has 0 aliphatic carbocycles. The van der Waals surface area contributed by atoms with Crippen LogP contribution in [0, 0.1) is 6.92 Å². The van der Waals surface area contributed by atoms with Gasteiger partial charge in [0.05, 0.1) is 12.7 Å². The Hall–Kier alpha value is -2.36. The van der Waals surface area contributed by atoms with Crippen molar-refractivity contribution in [2.75, 3.05) is 5.73 Å². The van der Waals surface area contributed by atoms with Gasteiger partial charge in [-0.3, -0.25) is 4.98 Å². The van der Waals surface area contributed by atoms with Gasteiger partial charge in [0.15, 0.2) is 0 Å². The molecule has 18 heavy (non-hydrogen) atoms. The lowest BCUT2D eigenvalue weighted by molar-refractivity contribution is 0.698. The lowest BCUT2D eigenvalue weighted by Crippen LogP contribution is -2.06. The molecule has 0 radical (unpaired) electrons. The van der Waals surface area contributed by atoms with Crippen LogP contribution in [0.15, 0.2) is 42.9 Å². The van der Waals surface area contributed by atoms with Gasteiger partial charge >= 0.3 is 0 Å². The highest BCUT2D eigenvalue weighted by Crippen LogP contribution is 2.19. The minimum atomic E-state index is 0.647. The Kier molecular flexibility index (Phi) is 2.48. The van der Waals surface area contributed by atoms with Gasteiger partial charge in [-0.2, -0.15) is 5.10 Å². The Bertz CT molecular complexity index is 695. The van der Waals surface area contributed by atoms with Crippen molar-refractivity contribution in [2.24, 2.45) is 0 Å². The van der Waals surface area contributed by atoms with Gasteiger partial charge in [0.2, 0.25) is 0 Å². The summed E-state index contributed by atoms with van der Waals surface area (Å²) in [5, 5.41) is 6.61. The van der Waals surface area contributed by atoms with Crippen molar-refractivity contribution >= 4 is 16.6 Å². The minimum absolute atomic E-state index is 0.647. The average Bonchev–Trinajstić information content (AvgIpc) is 2.71. The largest absolute Gasteiger partial charge is 0.384 e. The first-order chi connectivity index (χ1) is 8.75. The van der Waals surface area contributed by atoms with Crippen LogP contribution < -0.4 is 5.73 Å². The van der Waals surface area contributed by atoms with Gasteiger partial charge in [0.1, 0.15) is 5.82 Å². The van der Waals surface area contributed by atoms with Crippen molar-refractivity contribution in [3.05, 3.63) is 54.0 Å². The molecule has 2 aromatic heterocycles. The minimum Gasteiger partial charge on any atom is -0.384 e. The first-order valence-corrected chi connectivity index (χ1v) is 5.85. The van der Waals surface area contributed by atoms with E-state index in [1.807, 2.05) is 31.5 Å². The van der Waals surface area contributed by atoms with Crippen LogP contribution in [0.4, 0.5) is 5.82 Å². The molecular formula is C14H14N4. The summed E-state index contributed by atoms with van der Waals surface area (Å²) in [6.45, 7) is 2.61. The molecule has 3 aromatic rings. The molecule has 0 unspecified atom stereocenters. The number of hydrogen-bond donors (Lipinski definition) is 1. The monoisotopic (exact) mass is 238 g/mol. The van der Waals surface area contributed by atoms with Crippen LogP contribution in [0.1, 0.15) is 11.1 Å². The van der Waals surface area contributed by atoms with Crippen molar-refractivity contribution in [3.63, 3.8) is 0 Å². The molecule has 0 aliphatic rings. The molecule has 2 N–H and O–H groups in total. The second-order valence-corrected chi connectivity index (χ2v) is 4.39. The quantitative estimate of drug-likeness (QED) is 0.745. The predicted molar refractivity (Wildman–Crippen MR) is 72.2 cm³/mol. The molecule has 4 nitrogen and oxygen atoms in total. The Morgan fingerprint density at radius 1 is 1.17 bits per heavy atom. The zero-order valence-electron chi connectivity index (χ0n) is 10.2. The first kappa shape index (κ1) is 10.8. The highest BCUT2D eigenvalue weighted by Gasteiger charge is 2.06. The van der Waals surface area contributed by atoms with E-state index in [1.165, 1.54) is 5.39 Å². The highest BCUT2D eigenvalue weighted by molar-refractivity contribution is 5.84. The second kappa shape index (κ2) is 4.14. The topological polar surface area (TPSA) is 56.7 Å². The van der Waals surface area contributed by atoms with E-state index in [9.17, 15) is 0 Å². The smallest absolute Gasteiger partial charge is 0.124 e. The summed E-state index contributed by atoms with van der Waals surface area (Å²) < 4.78 is 1.80. The highest BCUT2D eigenvalue weighted by atomic mass is 15.3. The maximum absolute atomic E-state index is 5.97. The fourth-order valence-corrected chi connectivity index (χ4v) is 2.08. The Balaban J connectivity index is 2.08. The number of nitrogens with two attached hydrogens (primary N) is 1. The SMILES string of the molecule is Cc1cnn(Cc2cncc3ccccc23)c1N.